The van der Waals surface area contributed by atoms with E-state index in [0.29, 0.717) is 16.9 Å². The second kappa shape index (κ2) is 8.85. The van der Waals surface area contributed by atoms with Crippen molar-refractivity contribution in [3.8, 4) is 5.69 Å². The maximum absolute atomic E-state index is 14.4. The molecule has 2 heterocycles. The quantitative estimate of drug-likeness (QED) is 0.316. The molecule has 0 atom stereocenters. The van der Waals surface area contributed by atoms with Crippen LogP contribution in [0.1, 0.15) is 27.3 Å². The van der Waals surface area contributed by atoms with E-state index < -0.39 is 23.6 Å². The lowest BCUT2D eigenvalue weighted by molar-refractivity contribution is -0.122. The van der Waals surface area contributed by atoms with Crippen LogP contribution in [0, 0.1) is 19.7 Å². The molecule has 2 amide bonds. The largest absolute Gasteiger partial charge is 0.478 e. The Morgan fingerprint density at radius 1 is 1.15 bits per heavy atom. The van der Waals surface area contributed by atoms with Gasteiger partial charge in [0.15, 0.2) is 5.11 Å². The van der Waals surface area contributed by atoms with Crippen molar-refractivity contribution in [3.63, 3.8) is 0 Å². The highest BCUT2D eigenvalue weighted by atomic mass is 35.5. The van der Waals surface area contributed by atoms with E-state index >= 15 is 0 Å². The first kappa shape index (κ1) is 23.3. The third kappa shape index (κ3) is 4.00. The molecule has 1 saturated heterocycles. The highest BCUT2D eigenvalue weighted by Gasteiger charge is 2.36. The van der Waals surface area contributed by atoms with Gasteiger partial charge in [0, 0.05) is 17.1 Å². The maximum atomic E-state index is 14.4. The lowest BCUT2D eigenvalue weighted by Crippen LogP contribution is -2.54. The molecule has 2 N–H and O–H groups in total. The molecule has 0 bridgehead atoms. The number of amides is 2. The fourth-order valence-corrected chi connectivity index (χ4v) is 4.28. The zero-order valence-electron chi connectivity index (χ0n) is 17.9. The van der Waals surface area contributed by atoms with Gasteiger partial charge in [-0.1, -0.05) is 23.7 Å². The minimum Gasteiger partial charge on any atom is -0.478 e. The number of benzene rings is 2. The number of aromatic nitrogens is 1. The number of hydrogen-bond donors (Lipinski definition) is 2. The number of carbonyl (C=O) groups excluding carboxylic acids is 2. The fraction of sp³-hybridized carbons (Fsp3) is 0.0833. The first-order chi connectivity index (χ1) is 16.1. The van der Waals surface area contributed by atoms with Gasteiger partial charge in [-0.2, -0.15) is 0 Å². The molecule has 0 radical (unpaired) electrons. The lowest BCUT2D eigenvalue weighted by atomic mass is 10.1. The third-order valence-corrected chi connectivity index (χ3v) is 6.02. The Morgan fingerprint density at radius 3 is 2.53 bits per heavy atom. The van der Waals surface area contributed by atoms with E-state index in [4.69, 9.17) is 23.8 Å². The van der Waals surface area contributed by atoms with E-state index in [1.54, 1.807) is 36.6 Å². The van der Waals surface area contributed by atoms with Crippen LogP contribution < -0.4 is 10.2 Å². The Morgan fingerprint density at radius 2 is 1.85 bits per heavy atom. The number of thiocarbonyl (C=S) groups is 1. The minimum absolute atomic E-state index is 0.0533. The summed E-state index contributed by atoms with van der Waals surface area (Å²) >= 11 is 11.1. The van der Waals surface area contributed by atoms with Crippen molar-refractivity contribution in [1.29, 1.82) is 0 Å². The first-order valence-corrected chi connectivity index (χ1v) is 10.8. The number of hydrogen-bond acceptors (Lipinski definition) is 4. The number of para-hydroxylation sites is 1. The smallest absolute Gasteiger partial charge is 0.337 e. The maximum Gasteiger partial charge on any atom is 0.337 e. The number of rotatable bonds is 4. The fourth-order valence-electron chi connectivity index (χ4n) is 3.81. The summed E-state index contributed by atoms with van der Waals surface area (Å²) in [5, 5.41) is 11.7. The summed E-state index contributed by atoms with van der Waals surface area (Å²) in [5.74, 6) is -3.29. The van der Waals surface area contributed by atoms with Gasteiger partial charge >= 0.3 is 5.97 Å². The Bertz CT molecular complexity index is 1430. The topological polar surface area (TPSA) is 91.6 Å². The normalized spacial score (nSPS) is 15.1. The molecule has 0 spiro atoms. The predicted octanol–water partition coefficient (Wildman–Crippen LogP) is 4.42. The second-order valence-electron chi connectivity index (χ2n) is 7.54. The van der Waals surface area contributed by atoms with E-state index in [2.05, 4.69) is 5.32 Å². The van der Waals surface area contributed by atoms with Crippen LogP contribution in [0.5, 0.6) is 0 Å². The number of aryl methyl sites for hydroxylation is 1. The van der Waals surface area contributed by atoms with E-state index in [0.717, 1.165) is 10.6 Å². The Balaban J connectivity index is 1.79. The van der Waals surface area contributed by atoms with E-state index in [9.17, 15) is 23.9 Å². The van der Waals surface area contributed by atoms with E-state index in [-0.39, 0.29) is 27.0 Å². The van der Waals surface area contributed by atoms with Crippen LogP contribution >= 0.6 is 23.8 Å². The van der Waals surface area contributed by atoms with Crippen molar-refractivity contribution >= 4 is 58.5 Å². The van der Waals surface area contributed by atoms with Crippen molar-refractivity contribution in [2.45, 2.75) is 13.8 Å². The Hall–Kier alpha value is -3.82. The van der Waals surface area contributed by atoms with Crippen LogP contribution in [0.3, 0.4) is 0 Å². The molecule has 172 valence electrons. The molecule has 10 heteroatoms. The summed E-state index contributed by atoms with van der Waals surface area (Å²) < 4.78 is 16.1. The summed E-state index contributed by atoms with van der Waals surface area (Å²) in [6.45, 7) is 3.56. The van der Waals surface area contributed by atoms with Gasteiger partial charge in [-0.3, -0.25) is 14.9 Å². The van der Waals surface area contributed by atoms with Crippen LogP contribution in [0.4, 0.5) is 10.1 Å². The number of carboxylic acids is 1. The van der Waals surface area contributed by atoms with Gasteiger partial charge < -0.3 is 9.67 Å². The van der Waals surface area contributed by atoms with Gasteiger partial charge in [0.25, 0.3) is 11.8 Å². The molecule has 3 aromatic rings. The van der Waals surface area contributed by atoms with Gasteiger partial charge in [-0.05, 0) is 74.1 Å². The first-order valence-electron chi connectivity index (χ1n) is 9.98. The average molecular weight is 498 g/mol. The highest BCUT2D eigenvalue weighted by molar-refractivity contribution is 7.80. The van der Waals surface area contributed by atoms with Gasteiger partial charge in [-0.15, -0.1) is 0 Å². The number of carbonyl (C=O) groups is 3. The summed E-state index contributed by atoms with van der Waals surface area (Å²) in [5.41, 5.74) is 2.13. The molecule has 0 aliphatic carbocycles. The summed E-state index contributed by atoms with van der Waals surface area (Å²) in [4.78, 5) is 38.2. The SMILES string of the molecule is Cc1cc(C=C2C(=O)NC(=S)N(c3ccccc3F)C2=O)c(C)n1-c1ccc(Cl)c(C(=O)O)c1. The number of nitrogens with zero attached hydrogens (tertiary/aromatic N) is 2. The van der Waals surface area contributed by atoms with E-state index in [1.807, 2.05) is 0 Å². The average Bonchev–Trinajstić information content (AvgIpc) is 3.05. The number of halogens is 2. The molecular formula is C24H17ClFN3O4S. The summed E-state index contributed by atoms with van der Waals surface area (Å²) in [6, 6.07) is 12.0. The third-order valence-electron chi connectivity index (χ3n) is 5.40. The van der Waals surface area contributed by atoms with Crippen LogP contribution in [0.15, 0.2) is 54.1 Å². The molecule has 2 aromatic carbocycles. The standard InChI is InChI=1S/C24H17ClFN3O4S/c1-12-9-14(13(2)28(12)15-7-8-18(25)16(11-15)23(32)33)10-17-21(30)27-24(34)29(22(17)31)20-6-4-3-5-19(20)26/h3-11H,1-2H3,(H,32,33)(H,27,30,34). The highest BCUT2D eigenvalue weighted by Crippen LogP contribution is 2.28. The van der Waals surface area contributed by atoms with Gasteiger partial charge in [-0.25, -0.2) is 14.1 Å². The molecule has 4 rings (SSSR count). The van der Waals surface area contributed by atoms with Crippen LogP contribution in [-0.2, 0) is 9.59 Å². The number of nitrogens with one attached hydrogen (secondary N) is 1. The number of aromatic carboxylic acids is 1. The molecule has 34 heavy (non-hydrogen) atoms. The lowest BCUT2D eigenvalue weighted by Gasteiger charge is -2.29. The molecule has 1 aliphatic rings. The minimum atomic E-state index is -1.16. The van der Waals surface area contributed by atoms with E-state index in [1.165, 1.54) is 36.4 Å². The molecule has 0 saturated carbocycles. The predicted molar refractivity (Wildman–Crippen MR) is 130 cm³/mol. The monoisotopic (exact) mass is 497 g/mol. The number of anilines is 1. The van der Waals surface area contributed by atoms with Crippen LogP contribution in [0.25, 0.3) is 11.8 Å². The van der Waals surface area contributed by atoms with Crippen LogP contribution in [0.2, 0.25) is 5.02 Å². The van der Waals surface area contributed by atoms with Crippen molar-refractivity contribution < 1.29 is 23.9 Å². The molecule has 7 nitrogen and oxygen atoms in total. The molecule has 0 unspecified atom stereocenters. The van der Waals surface area contributed by atoms with Crippen LogP contribution in [-0.4, -0.2) is 32.6 Å². The zero-order valence-corrected chi connectivity index (χ0v) is 19.5. The van der Waals surface area contributed by atoms with Gasteiger partial charge in [0.2, 0.25) is 0 Å². The Kier molecular flexibility index (Phi) is 6.07. The van der Waals surface area contributed by atoms with Crippen molar-refractivity contribution in [2.75, 3.05) is 4.90 Å². The molecule has 1 fully saturated rings. The summed E-state index contributed by atoms with van der Waals surface area (Å²) in [6.07, 6.45) is 1.40. The van der Waals surface area contributed by atoms with Gasteiger partial charge in [0.1, 0.15) is 11.4 Å². The molecule has 1 aromatic heterocycles. The Labute approximate surface area is 204 Å². The van der Waals surface area contributed by atoms with Crippen molar-refractivity contribution in [2.24, 2.45) is 0 Å². The van der Waals surface area contributed by atoms with Crippen molar-refractivity contribution in [3.05, 3.63) is 87.5 Å². The number of carboxylic acid groups (broad SMARTS) is 1. The van der Waals surface area contributed by atoms with Crippen molar-refractivity contribution in [1.82, 2.24) is 9.88 Å². The molecular weight excluding hydrogens is 481 g/mol. The summed E-state index contributed by atoms with van der Waals surface area (Å²) in [7, 11) is 0. The zero-order chi connectivity index (χ0) is 24.7. The second-order valence-corrected chi connectivity index (χ2v) is 8.33. The molecule has 1 aliphatic heterocycles. The van der Waals surface area contributed by atoms with Gasteiger partial charge in [0.05, 0.1) is 16.3 Å².